The number of imidazole rings is 1. The number of hydrogen-bond donors (Lipinski definition) is 1. The molecule has 2 aliphatic rings. The van der Waals surface area contributed by atoms with Gasteiger partial charge in [0.1, 0.15) is 18.3 Å². The predicted molar refractivity (Wildman–Crippen MR) is 86.7 cm³/mol. The highest BCUT2D eigenvalue weighted by molar-refractivity contribution is 7.85. The van der Waals surface area contributed by atoms with Crippen molar-refractivity contribution < 1.29 is 26.8 Å². The quantitative estimate of drug-likeness (QED) is 0.691. The van der Waals surface area contributed by atoms with Gasteiger partial charge in [0.25, 0.3) is 15.7 Å². The molecule has 26 heavy (non-hydrogen) atoms. The standard InChI is InChI=1S/C14H18N4O7S/c1-14(2)24-9-7(4-22-26(3,20)21)23-13(10(9)25-14)18-6-17-8-11(18)15-5-16-12(8)19/h5-7,9-10,13H,4H2,1-3H3,(H,15,16,19)/t7-,9+,10+,13+/m0/s1. The maximum absolute atomic E-state index is 11.9. The van der Waals surface area contributed by atoms with Gasteiger partial charge in [-0.15, -0.1) is 0 Å². The van der Waals surface area contributed by atoms with E-state index in [1.165, 1.54) is 12.7 Å². The van der Waals surface area contributed by atoms with Crippen molar-refractivity contribution >= 4 is 21.3 Å². The monoisotopic (exact) mass is 386 g/mol. The Hall–Kier alpha value is -1.86. The second-order valence-corrected chi connectivity index (χ2v) is 8.32. The Kier molecular flexibility index (Phi) is 3.93. The molecule has 0 aromatic carbocycles. The minimum absolute atomic E-state index is 0.168. The second-order valence-electron chi connectivity index (χ2n) is 6.67. The Balaban J connectivity index is 1.69. The Morgan fingerprint density at radius 1 is 1.31 bits per heavy atom. The lowest BCUT2D eigenvalue weighted by Crippen LogP contribution is -2.33. The number of hydrogen-bond acceptors (Lipinski definition) is 9. The minimum Gasteiger partial charge on any atom is -0.347 e. The molecule has 2 aromatic heterocycles. The summed E-state index contributed by atoms with van der Waals surface area (Å²) in [5, 5.41) is 0. The van der Waals surface area contributed by atoms with Crippen molar-refractivity contribution in [1.29, 1.82) is 0 Å². The third kappa shape index (κ3) is 3.03. The van der Waals surface area contributed by atoms with Crippen LogP contribution in [0, 0.1) is 0 Å². The fraction of sp³-hybridized carbons (Fsp3) is 0.643. The van der Waals surface area contributed by atoms with E-state index in [0.29, 0.717) is 5.65 Å². The van der Waals surface area contributed by atoms with E-state index in [0.717, 1.165) is 6.26 Å². The molecule has 4 rings (SSSR count). The first-order chi connectivity index (χ1) is 12.1. The summed E-state index contributed by atoms with van der Waals surface area (Å²) >= 11 is 0. The largest absolute Gasteiger partial charge is 0.347 e. The maximum Gasteiger partial charge on any atom is 0.278 e. The molecule has 2 aliphatic heterocycles. The molecule has 0 saturated carbocycles. The summed E-state index contributed by atoms with van der Waals surface area (Å²) in [6.45, 7) is 3.30. The number of rotatable bonds is 4. The fourth-order valence-corrected chi connectivity index (χ4v) is 3.64. The number of H-pyrrole nitrogens is 1. The van der Waals surface area contributed by atoms with Gasteiger partial charge in [0.05, 0.1) is 25.5 Å². The fourth-order valence-electron chi connectivity index (χ4n) is 3.26. The first kappa shape index (κ1) is 17.5. The Morgan fingerprint density at radius 3 is 2.77 bits per heavy atom. The average molecular weight is 386 g/mol. The second kappa shape index (κ2) is 5.82. The third-order valence-corrected chi connectivity index (χ3v) is 4.78. The van der Waals surface area contributed by atoms with Crippen molar-refractivity contribution in [2.45, 2.75) is 44.2 Å². The van der Waals surface area contributed by atoms with Gasteiger partial charge in [0.2, 0.25) is 0 Å². The highest BCUT2D eigenvalue weighted by Crippen LogP contribution is 2.43. The van der Waals surface area contributed by atoms with Gasteiger partial charge in [-0.05, 0) is 13.8 Å². The first-order valence-corrected chi connectivity index (χ1v) is 9.72. The average Bonchev–Trinajstić information content (AvgIpc) is 3.16. The van der Waals surface area contributed by atoms with Crippen LogP contribution in [0.2, 0.25) is 0 Å². The number of aromatic amines is 1. The van der Waals surface area contributed by atoms with E-state index in [1.54, 1.807) is 18.4 Å². The Labute approximate surface area is 148 Å². The van der Waals surface area contributed by atoms with Crippen molar-refractivity contribution in [1.82, 2.24) is 19.5 Å². The summed E-state index contributed by atoms with van der Waals surface area (Å²) < 4.78 is 46.8. The van der Waals surface area contributed by atoms with Crippen LogP contribution in [-0.4, -0.2) is 64.9 Å². The summed E-state index contributed by atoms with van der Waals surface area (Å²) in [4.78, 5) is 22.5. The van der Waals surface area contributed by atoms with E-state index in [1.807, 2.05) is 0 Å². The van der Waals surface area contributed by atoms with Crippen LogP contribution in [0.3, 0.4) is 0 Å². The van der Waals surface area contributed by atoms with E-state index in [2.05, 4.69) is 15.0 Å². The normalized spacial score (nSPS) is 30.7. The molecule has 0 spiro atoms. The summed E-state index contributed by atoms with van der Waals surface area (Å²) in [5.74, 6) is -0.873. The smallest absolute Gasteiger partial charge is 0.278 e. The van der Waals surface area contributed by atoms with E-state index in [9.17, 15) is 13.2 Å². The molecule has 0 radical (unpaired) electrons. The van der Waals surface area contributed by atoms with Gasteiger partial charge < -0.3 is 19.2 Å². The molecule has 1 N–H and O–H groups in total. The van der Waals surface area contributed by atoms with E-state index >= 15 is 0 Å². The first-order valence-electron chi connectivity index (χ1n) is 7.90. The number of aromatic nitrogens is 4. The zero-order valence-electron chi connectivity index (χ0n) is 14.3. The summed E-state index contributed by atoms with van der Waals surface area (Å²) in [6, 6.07) is 0. The van der Waals surface area contributed by atoms with Crippen LogP contribution in [0.1, 0.15) is 20.1 Å². The van der Waals surface area contributed by atoms with Crippen molar-refractivity contribution in [2.24, 2.45) is 0 Å². The molecule has 12 heteroatoms. The molecule has 0 unspecified atom stereocenters. The summed E-state index contributed by atoms with van der Waals surface area (Å²) in [6.07, 6.45) is 1.20. The number of nitrogens with zero attached hydrogens (tertiary/aromatic N) is 3. The summed E-state index contributed by atoms with van der Waals surface area (Å²) in [7, 11) is -3.63. The van der Waals surface area contributed by atoms with Crippen LogP contribution in [0.15, 0.2) is 17.4 Å². The maximum atomic E-state index is 11.9. The number of ether oxygens (including phenoxy) is 3. The van der Waals surface area contributed by atoms with Crippen LogP contribution in [0.25, 0.3) is 11.2 Å². The highest BCUT2D eigenvalue weighted by atomic mass is 32.2. The molecule has 11 nitrogen and oxygen atoms in total. The van der Waals surface area contributed by atoms with Gasteiger partial charge in [-0.2, -0.15) is 8.42 Å². The van der Waals surface area contributed by atoms with Gasteiger partial charge in [0, 0.05) is 0 Å². The molecular formula is C14H18N4O7S. The molecule has 2 saturated heterocycles. The third-order valence-electron chi connectivity index (χ3n) is 4.21. The van der Waals surface area contributed by atoms with Crippen LogP contribution in [0.4, 0.5) is 0 Å². The van der Waals surface area contributed by atoms with Crippen LogP contribution < -0.4 is 5.56 Å². The molecule has 2 fully saturated rings. The molecule has 142 valence electrons. The molecule has 0 aliphatic carbocycles. The predicted octanol–water partition coefficient (Wildman–Crippen LogP) is -0.487. The van der Waals surface area contributed by atoms with Crippen molar-refractivity contribution in [3.63, 3.8) is 0 Å². The lowest BCUT2D eigenvalue weighted by atomic mass is 10.1. The number of fused-ring (bicyclic) bond motifs is 2. The Morgan fingerprint density at radius 2 is 2.04 bits per heavy atom. The van der Waals surface area contributed by atoms with Crippen LogP contribution in [-0.2, 0) is 28.5 Å². The summed E-state index contributed by atoms with van der Waals surface area (Å²) in [5.41, 5.74) is 0.126. The molecule has 2 aromatic rings. The molecule has 0 amide bonds. The van der Waals surface area contributed by atoms with Gasteiger partial charge in [0.15, 0.2) is 23.2 Å². The lowest BCUT2D eigenvalue weighted by molar-refractivity contribution is -0.198. The van der Waals surface area contributed by atoms with Gasteiger partial charge >= 0.3 is 0 Å². The van der Waals surface area contributed by atoms with Gasteiger partial charge in [-0.25, -0.2) is 9.97 Å². The zero-order valence-corrected chi connectivity index (χ0v) is 15.1. The highest BCUT2D eigenvalue weighted by Gasteiger charge is 2.56. The molecule has 4 atom stereocenters. The molecule has 0 bridgehead atoms. The van der Waals surface area contributed by atoms with Gasteiger partial charge in [-0.1, -0.05) is 0 Å². The lowest BCUT2D eigenvalue weighted by Gasteiger charge is -2.24. The minimum atomic E-state index is -3.63. The van der Waals surface area contributed by atoms with E-state index in [-0.39, 0.29) is 17.7 Å². The Bertz CT molecular complexity index is 998. The van der Waals surface area contributed by atoms with Gasteiger partial charge in [-0.3, -0.25) is 13.5 Å². The van der Waals surface area contributed by atoms with Crippen molar-refractivity contribution in [2.75, 3.05) is 12.9 Å². The van der Waals surface area contributed by atoms with Crippen LogP contribution in [0.5, 0.6) is 0 Å². The van der Waals surface area contributed by atoms with Crippen molar-refractivity contribution in [3.05, 3.63) is 23.0 Å². The molecular weight excluding hydrogens is 368 g/mol. The van der Waals surface area contributed by atoms with Crippen LogP contribution >= 0.6 is 0 Å². The van der Waals surface area contributed by atoms with E-state index < -0.39 is 40.4 Å². The van der Waals surface area contributed by atoms with E-state index in [4.69, 9.17) is 18.4 Å². The topological polar surface area (TPSA) is 135 Å². The zero-order chi connectivity index (χ0) is 18.7. The SMILES string of the molecule is CC1(C)O[C@@H]2[C@H](O1)[C@H](COS(C)(=O)=O)O[C@H]2n1cnc2c(=O)[nH]cnc21. The van der Waals surface area contributed by atoms with Crippen molar-refractivity contribution in [3.8, 4) is 0 Å². The molecule has 4 heterocycles. The number of nitrogens with one attached hydrogen (secondary N) is 1.